The van der Waals surface area contributed by atoms with Gasteiger partial charge in [0.25, 0.3) is 0 Å². The van der Waals surface area contributed by atoms with Gasteiger partial charge in [0.05, 0.1) is 12.2 Å². The highest BCUT2D eigenvalue weighted by molar-refractivity contribution is 5.88. The SMILES string of the molecule is CCOC(=O)C(=CN(C)C)CC(C)(C)C. The van der Waals surface area contributed by atoms with Gasteiger partial charge >= 0.3 is 5.97 Å². The Hall–Kier alpha value is -0.990. The molecule has 0 saturated carbocycles. The molecular formula is C12H23NO2. The molecule has 0 spiro atoms. The van der Waals surface area contributed by atoms with Gasteiger partial charge in [0.15, 0.2) is 0 Å². The molecule has 88 valence electrons. The van der Waals surface area contributed by atoms with Crippen LogP contribution in [-0.4, -0.2) is 31.6 Å². The molecule has 0 aliphatic carbocycles. The standard InChI is InChI=1S/C12H23NO2/c1-7-15-11(14)10(9-13(5)6)8-12(2,3)4/h9H,7-8H2,1-6H3. The molecule has 0 aromatic heterocycles. The molecule has 0 aliphatic rings. The summed E-state index contributed by atoms with van der Waals surface area (Å²) >= 11 is 0. The van der Waals surface area contributed by atoms with E-state index in [2.05, 4.69) is 20.8 Å². The highest BCUT2D eigenvalue weighted by atomic mass is 16.5. The van der Waals surface area contributed by atoms with Crippen molar-refractivity contribution in [1.29, 1.82) is 0 Å². The molecule has 0 aromatic rings. The lowest BCUT2D eigenvalue weighted by Crippen LogP contribution is -2.17. The van der Waals surface area contributed by atoms with E-state index in [-0.39, 0.29) is 11.4 Å². The normalized spacial score (nSPS) is 12.5. The number of carbonyl (C=O) groups excluding carboxylic acids is 1. The summed E-state index contributed by atoms with van der Waals surface area (Å²) in [5, 5.41) is 0. The second kappa shape index (κ2) is 5.79. The lowest BCUT2D eigenvalue weighted by atomic mass is 9.88. The predicted molar refractivity (Wildman–Crippen MR) is 62.5 cm³/mol. The lowest BCUT2D eigenvalue weighted by molar-refractivity contribution is -0.139. The molecule has 0 amide bonds. The van der Waals surface area contributed by atoms with Crippen molar-refractivity contribution >= 4 is 5.97 Å². The molecule has 0 unspecified atom stereocenters. The zero-order chi connectivity index (χ0) is 12.1. The summed E-state index contributed by atoms with van der Waals surface area (Å²) < 4.78 is 5.02. The van der Waals surface area contributed by atoms with E-state index in [1.54, 1.807) is 0 Å². The molecule has 3 nitrogen and oxygen atoms in total. The van der Waals surface area contributed by atoms with Crippen molar-refractivity contribution in [1.82, 2.24) is 4.90 Å². The minimum Gasteiger partial charge on any atom is -0.463 e. The van der Waals surface area contributed by atoms with Crippen LogP contribution < -0.4 is 0 Å². The van der Waals surface area contributed by atoms with Crippen LogP contribution in [0.4, 0.5) is 0 Å². The zero-order valence-corrected chi connectivity index (χ0v) is 10.8. The van der Waals surface area contributed by atoms with E-state index in [9.17, 15) is 4.79 Å². The molecule has 0 fully saturated rings. The number of hydrogen-bond donors (Lipinski definition) is 0. The van der Waals surface area contributed by atoms with Crippen LogP contribution in [0, 0.1) is 5.41 Å². The molecule has 0 saturated heterocycles. The first-order valence-corrected chi connectivity index (χ1v) is 5.30. The first kappa shape index (κ1) is 14.0. The number of hydrogen-bond acceptors (Lipinski definition) is 3. The summed E-state index contributed by atoms with van der Waals surface area (Å²) in [4.78, 5) is 13.5. The molecule has 0 radical (unpaired) electrons. The fourth-order valence-electron chi connectivity index (χ4n) is 1.28. The fraction of sp³-hybridized carbons (Fsp3) is 0.750. The first-order valence-electron chi connectivity index (χ1n) is 5.30. The summed E-state index contributed by atoms with van der Waals surface area (Å²) in [6.45, 7) is 8.57. The Kier molecular flexibility index (Phi) is 5.40. The molecule has 0 rings (SSSR count). The topological polar surface area (TPSA) is 29.5 Å². The summed E-state index contributed by atoms with van der Waals surface area (Å²) in [6, 6.07) is 0. The van der Waals surface area contributed by atoms with Gasteiger partial charge in [-0.2, -0.15) is 0 Å². The minimum atomic E-state index is -0.207. The summed E-state index contributed by atoms with van der Waals surface area (Å²) in [5.74, 6) is -0.207. The fourth-order valence-corrected chi connectivity index (χ4v) is 1.28. The molecule has 3 heteroatoms. The molecule has 15 heavy (non-hydrogen) atoms. The molecule has 0 heterocycles. The van der Waals surface area contributed by atoms with E-state index in [0.29, 0.717) is 6.61 Å². The molecule has 0 bridgehead atoms. The van der Waals surface area contributed by atoms with Gasteiger partial charge in [0, 0.05) is 20.3 Å². The summed E-state index contributed by atoms with van der Waals surface area (Å²) in [6.07, 6.45) is 2.56. The van der Waals surface area contributed by atoms with Crippen molar-refractivity contribution in [2.75, 3.05) is 20.7 Å². The smallest absolute Gasteiger partial charge is 0.335 e. The largest absolute Gasteiger partial charge is 0.463 e. The maximum atomic E-state index is 11.6. The van der Waals surface area contributed by atoms with Crippen molar-refractivity contribution in [2.45, 2.75) is 34.1 Å². The van der Waals surface area contributed by atoms with E-state index in [0.717, 1.165) is 12.0 Å². The van der Waals surface area contributed by atoms with Gasteiger partial charge in [-0.1, -0.05) is 20.8 Å². The van der Waals surface area contributed by atoms with Crippen LogP contribution in [0.3, 0.4) is 0 Å². The number of nitrogens with zero attached hydrogens (tertiary/aromatic N) is 1. The lowest BCUT2D eigenvalue weighted by Gasteiger charge is -2.20. The molecular weight excluding hydrogens is 190 g/mol. The molecule has 0 aromatic carbocycles. The average Bonchev–Trinajstić information content (AvgIpc) is 1.99. The second-order valence-corrected chi connectivity index (χ2v) is 5.08. The Labute approximate surface area is 93.1 Å². The van der Waals surface area contributed by atoms with Crippen LogP contribution >= 0.6 is 0 Å². The third kappa shape index (κ3) is 7.00. The monoisotopic (exact) mass is 213 g/mol. The Morgan fingerprint density at radius 3 is 2.20 bits per heavy atom. The quantitative estimate of drug-likeness (QED) is 0.530. The van der Waals surface area contributed by atoms with Crippen LogP contribution in [0.2, 0.25) is 0 Å². The first-order chi connectivity index (χ1) is 6.76. The molecule has 0 aliphatic heterocycles. The van der Waals surface area contributed by atoms with Gasteiger partial charge in [-0.05, 0) is 18.8 Å². The Morgan fingerprint density at radius 2 is 1.87 bits per heavy atom. The van der Waals surface area contributed by atoms with E-state index >= 15 is 0 Å². The van der Waals surface area contributed by atoms with E-state index in [4.69, 9.17) is 4.74 Å². The van der Waals surface area contributed by atoms with Crippen molar-refractivity contribution in [3.05, 3.63) is 11.8 Å². The van der Waals surface area contributed by atoms with Crippen molar-refractivity contribution in [3.63, 3.8) is 0 Å². The Balaban J connectivity index is 4.67. The van der Waals surface area contributed by atoms with E-state index in [1.165, 1.54) is 0 Å². The van der Waals surface area contributed by atoms with Crippen molar-refractivity contribution < 1.29 is 9.53 Å². The highest BCUT2D eigenvalue weighted by Crippen LogP contribution is 2.24. The zero-order valence-electron chi connectivity index (χ0n) is 10.8. The Morgan fingerprint density at radius 1 is 1.33 bits per heavy atom. The maximum absolute atomic E-state index is 11.6. The summed E-state index contributed by atoms with van der Waals surface area (Å²) in [7, 11) is 3.81. The Bertz CT molecular complexity index is 236. The van der Waals surface area contributed by atoms with Gasteiger partial charge in [0.2, 0.25) is 0 Å². The minimum absolute atomic E-state index is 0.0919. The van der Waals surface area contributed by atoms with E-state index in [1.807, 2.05) is 32.1 Å². The molecule has 0 N–H and O–H groups in total. The summed E-state index contributed by atoms with van der Waals surface area (Å²) in [5.41, 5.74) is 0.823. The maximum Gasteiger partial charge on any atom is 0.335 e. The van der Waals surface area contributed by atoms with Gasteiger partial charge in [-0.3, -0.25) is 0 Å². The second-order valence-electron chi connectivity index (χ2n) is 5.08. The van der Waals surface area contributed by atoms with E-state index < -0.39 is 0 Å². The third-order valence-corrected chi connectivity index (χ3v) is 1.67. The van der Waals surface area contributed by atoms with Crippen LogP contribution in [-0.2, 0) is 9.53 Å². The predicted octanol–water partition coefficient (Wildman–Crippen LogP) is 2.43. The number of rotatable bonds is 4. The number of ether oxygens (including phenoxy) is 1. The van der Waals surface area contributed by atoms with Gasteiger partial charge in [-0.15, -0.1) is 0 Å². The highest BCUT2D eigenvalue weighted by Gasteiger charge is 2.19. The number of esters is 1. The van der Waals surface area contributed by atoms with Crippen molar-refractivity contribution in [2.24, 2.45) is 5.41 Å². The average molecular weight is 213 g/mol. The van der Waals surface area contributed by atoms with Crippen LogP contribution in [0.1, 0.15) is 34.1 Å². The van der Waals surface area contributed by atoms with Crippen LogP contribution in [0.5, 0.6) is 0 Å². The number of carbonyl (C=O) groups is 1. The van der Waals surface area contributed by atoms with Crippen LogP contribution in [0.15, 0.2) is 11.8 Å². The molecule has 0 atom stereocenters. The van der Waals surface area contributed by atoms with Gasteiger partial charge in [0.1, 0.15) is 0 Å². The van der Waals surface area contributed by atoms with Gasteiger partial charge in [-0.25, -0.2) is 4.79 Å². The third-order valence-electron chi connectivity index (χ3n) is 1.67. The van der Waals surface area contributed by atoms with Crippen LogP contribution in [0.25, 0.3) is 0 Å². The van der Waals surface area contributed by atoms with Gasteiger partial charge < -0.3 is 9.64 Å². The van der Waals surface area contributed by atoms with Crippen molar-refractivity contribution in [3.8, 4) is 0 Å².